The number of aromatic nitrogens is 4. The van der Waals surface area contributed by atoms with Crippen LogP contribution in [0, 0.1) is 5.92 Å². The minimum atomic E-state index is 0.0375. The Morgan fingerprint density at radius 2 is 1.91 bits per heavy atom. The Morgan fingerprint density at radius 3 is 2.66 bits per heavy atom. The molecule has 2 aliphatic heterocycles. The van der Waals surface area contributed by atoms with E-state index in [1.165, 1.54) is 32.1 Å². The molecule has 0 aromatic carbocycles. The zero-order chi connectivity index (χ0) is 21.9. The van der Waals surface area contributed by atoms with Crippen molar-refractivity contribution in [2.45, 2.75) is 70.4 Å². The maximum Gasteiger partial charge on any atom is 0.255 e. The summed E-state index contributed by atoms with van der Waals surface area (Å²) < 4.78 is 1.66. The molecule has 1 aliphatic carbocycles. The zero-order valence-electron chi connectivity index (χ0n) is 18.8. The van der Waals surface area contributed by atoms with Crippen LogP contribution in [-0.2, 0) is 24.3 Å². The van der Waals surface area contributed by atoms with Gasteiger partial charge in [0.05, 0.1) is 11.3 Å². The van der Waals surface area contributed by atoms with Crippen LogP contribution in [0.1, 0.15) is 67.9 Å². The first-order valence-electron chi connectivity index (χ1n) is 12.3. The molecule has 172 valence electrons. The van der Waals surface area contributed by atoms with Crippen molar-refractivity contribution in [1.82, 2.24) is 29.5 Å². The molecule has 1 N–H and O–H groups in total. The molecule has 1 saturated heterocycles. The van der Waals surface area contributed by atoms with Gasteiger partial charge < -0.3 is 9.88 Å². The highest BCUT2D eigenvalue weighted by molar-refractivity contribution is 5.76. The average molecular weight is 439 g/mol. The molecule has 1 amide bonds. The third-order valence-electron chi connectivity index (χ3n) is 7.50. The molecule has 0 radical (unpaired) electrons. The molecule has 1 saturated carbocycles. The Bertz CT molecular complexity index is 971. The second-order valence-corrected chi connectivity index (χ2v) is 9.72. The summed E-state index contributed by atoms with van der Waals surface area (Å²) in [6.07, 6.45) is 12.8. The van der Waals surface area contributed by atoms with Crippen LogP contribution in [0.2, 0.25) is 0 Å². The average Bonchev–Trinajstić information content (AvgIpc) is 3.33. The summed E-state index contributed by atoms with van der Waals surface area (Å²) in [5, 5.41) is 4.12. The molecule has 8 nitrogen and oxygen atoms in total. The first kappa shape index (κ1) is 21.4. The fraction of sp³-hybridized carbons (Fsp3) is 0.667. The molecule has 4 heterocycles. The predicted molar refractivity (Wildman–Crippen MR) is 121 cm³/mol. The van der Waals surface area contributed by atoms with Crippen molar-refractivity contribution in [2.24, 2.45) is 5.92 Å². The largest absolute Gasteiger partial charge is 0.341 e. The van der Waals surface area contributed by atoms with E-state index in [-0.39, 0.29) is 23.9 Å². The highest BCUT2D eigenvalue weighted by Crippen LogP contribution is 2.28. The number of likely N-dealkylation sites (tertiary alicyclic amines) is 1. The van der Waals surface area contributed by atoms with Crippen molar-refractivity contribution in [1.29, 1.82) is 0 Å². The van der Waals surface area contributed by atoms with E-state index < -0.39 is 0 Å². The van der Waals surface area contributed by atoms with Crippen molar-refractivity contribution in [3.05, 3.63) is 45.9 Å². The van der Waals surface area contributed by atoms with Crippen LogP contribution in [0.5, 0.6) is 0 Å². The summed E-state index contributed by atoms with van der Waals surface area (Å²) in [6.45, 7) is 4.52. The molecule has 8 heteroatoms. The molecule has 2 aromatic heterocycles. The SMILES string of the molecule is O=C(Cn1cccn1)N1CCC(c2nc3c(c(=O)[nH]2)CN(CC2CCCCC2)CC3)CC1. The first-order chi connectivity index (χ1) is 15.7. The number of rotatable bonds is 5. The lowest BCUT2D eigenvalue weighted by molar-refractivity contribution is -0.133. The number of piperidine rings is 1. The Kier molecular flexibility index (Phi) is 6.39. The van der Waals surface area contributed by atoms with Crippen molar-refractivity contribution in [3.63, 3.8) is 0 Å². The summed E-state index contributed by atoms with van der Waals surface area (Å²) in [5.74, 6) is 1.91. The van der Waals surface area contributed by atoms with Gasteiger partial charge in [-0.15, -0.1) is 0 Å². The van der Waals surface area contributed by atoms with Crippen molar-refractivity contribution in [2.75, 3.05) is 26.2 Å². The summed E-state index contributed by atoms with van der Waals surface area (Å²) >= 11 is 0. The molecule has 0 bridgehead atoms. The summed E-state index contributed by atoms with van der Waals surface area (Å²) in [4.78, 5) is 37.8. The summed E-state index contributed by atoms with van der Waals surface area (Å²) in [5.41, 5.74) is 1.89. The van der Waals surface area contributed by atoms with Crippen LogP contribution in [0.25, 0.3) is 0 Å². The van der Waals surface area contributed by atoms with Crippen LogP contribution >= 0.6 is 0 Å². The Hall–Kier alpha value is -2.48. The normalized spacial score (nSPS) is 20.9. The van der Waals surface area contributed by atoms with Crippen LogP contribution in [0.15, 0.2) is 23.3 Å². The third-order valence-corrected chi connectivity index (χ3v) is 7.50. The monoisotopic (exact) mass is 438 g/mol. The predicted octanol–water partition coefficient (Wildman–Crippen LogP) is 2.31. The van der Waals surface area contributed by atoms with Crippen LogP contribution in [-0.4, -0.2) is 61.6 Å². The second-order valence-electron chi connectivity index (χ2n) is 9.72. The minimum Gasteiger partial charge on any atom is -0.341 e. The van der Waals surface area contributed by atoms with E-state index in [0.29, 0.717) is 13.1 Å². The van der Waals surface area contributed by atoms with Crippen molar-refractivity contribution in [3.8, 4) is 0 Å². The number of fused-ring (bicyclic) bond motifs is 1. The van der Waals surface area contributed by atoms with Gasteiger partial charge >= 0.3 is 0 Å². The number of carbonyl (C=O) groups excluding carboxylic acids is 1. The van der Waals surface area contributed by atoms with Gasteiger partial charge in [0.1, 0.15) is 12.4 Å². The summed E-state index contributed by atoms with van der Waals surface area (Å²) in [6, 6.07) is 1.83. The van der Waals surface area contributed by atoms with Crippen LogP contribution < -0.4 is 5.56 Å². The van der Waals surface area contributed by atoms with Crippen molar-refractivity contribution >= 4 is 5.91 Å². The van der Waals surface area contributed by atoms with E-state index in [2.05, 4.69) is 15.0 Å². The Morgan fingerprint density at radius 1 is 1.09 bits per heavy atom. The first-order valence-corrected chi connectivity index (χ1v) is 12.3. The number of carbonyl (C=O) groups is 1. The molecule has 0 spiro atoms. The van der Waals surface area contributed by atoms with Gasteiger partial charge in [-0.1, -0.05) is 19.3 Å². The number of hydrogen-bond acceptors (Lipinski definition) is 5. The quantitative estimate of drug-likeness (QED) is 0.774. The molecule has 0 unspecified atom stereocenters. The fourth-order valence-corrected chi connectivity index (χ4v) is 5.62. The van der Waals surface area contributed by atoms with Crippen LogP contribution in [0.3, 0.4) is 0 Å². The highest BCUT2D eigenvalue weighted by Gasteiger charge is 2.28. The number of H-pyrrole nitrogens is 1. The van der Waals surface area contributed by atoms with Gasteiger partial charge in [0.15, 0.2) is 0 Å². The van der Waals surface area contributed by atoms with Crippen LogP contribution in [0.4, 0.5) is 0 Å². The molecular formula is C24H34N6O2. The number of amides is 1. The lowest BCUT2D eigenvalue weighted by atomic mass is 9.88. The van der Waals surface area contributed by atoms with E-state index in [4.69, 9.17) is 4.98 Å². The topological polar surface area (TPSA) is 87.1 Å². The van der Waals surface area contributed by atoms with Gasteiger partial charge in [-0.2, -0.15) is 5.10 Å². The summed E-state index contributed by atoms with van der Waals surface area (Å²) in [7, 11) is 0. The van der Waals surface area contributed by atoms with E-state index in [1.54, 1.807) is 10.9 Å². The van der Waals surface area contributed by atoms with E-state index >= 15 is 0 Å². The van der Waals surface area contributed by atoms with Gasteiger partial charge in [0.25, 0.3) is 5.56 Å². The zero-order valence-corrected chi connectivity index (χ0v) is 18.8. The van der Waals surface area contributed by atoms with Crippen molar-refractivity contribution < 1.29 is 4.79 Å². The molecule has 32 heavy (non-hydrogen) atoms. The van der Waals surface area contributed by atoms with Gasteiger partial charge in [0.2, 0.25) is 5.91 Å². The maximum absolute atomic E-state index is 12.9. The lowest BCUT2D eigenvalue weighted by Crippen LogP contribution is -2.41. The molecule has 3 aliphatic rings. The van der Waals surface area contributed by atoms with Gasteiger partial charge in [-0.05, 0) is 37.7 Å². The molecule has 2 aromatic rings. The van der Waals surface area contributed by atoms with E-state index in [0.717, 1.165) is 61.9 Å². The van der Waals surface area contributed by atoms with Gasteiger partial charge in [0, 0.05) is 57.5 Å². The highest BCUT2D eigenvalue weighted by atomic mass is 16.2. The number of aromatic amines is 1. The van der Waals surface area contributed by atoms with E-state index in [9.17, 15) is 9.59 Å². The van der Waals surface area contributed by atoms with Gasteiger partial charge in [-0.25, -0.2) is 4.98 Å². The lowest BCUT2D eigenvalue weighted by Gasteiger charge is -2.34. The third kappa shape index (κ3) is 4.80. The maximum atomic E-state index is 12.9. The smallest absolute Gasteiger partial charge is 0.255 e. The molecular weight excluding hydrogens is 404 g/mol. The number of hydrogen-bond donors (Lipinski definition) is 1. The van der Waals surface area contributed by atoms with Gasteiger partial charge in [-0.3, -0.25) is 19.2 Å². The molecule has 5 rings (SSSR count). The fourth-order valence-electron chi connectivity index (χ4n) is 5.62. The standard InChI is InChI=1S/C24H34N6O2/c31-22(17-30-11-4-10-25-30)29-13-7-19(8-14-29)23-26-21-9-12-28(16-20(21)24(32)27-23)15-18-5-2-1-3-6-18/h4,10-11,18-19H,1-3,5-9,12-17H2,(H,26,27,32). The Balaban J connectivity index is 1.19. The second kappa shape index (κ2) is 9.57. The minimum absolute atomic E-state index is 0.0375. The number of nitrogens with zero attached hydrogens (tertiary/aromatic N) is 5. The number of nitrogens with one attached hydrogen (secondary N) is 1. The molecule has 0 atom stereocenters. The Labute approximate surface area is 189 Å². The molecule has 2 fully saturated rings. The van der Waals surface area contributed by atoms with E-state index in [1.807, 2.05) is 17.2 Å².